The SMILES string of the molecule is C.Nc1c(N=Nc2ccc(S(=O)(=O)CCOSOO[O-])cc2S(=O)(=O)[O-])cc(S(=O)(=O)[O-])c(N)c1N=Nc1ccc(C(=O)Nc2ccc(S(=O)(=O)CCOSOO[O-])cc2)cc1.[Na+].[Na+].[Na+].[Na+]. The van der Waals surface area contributed by atoms with E-state index in [1.165, 1.54) is 48.5 Å². The average molecular weight is 1080 g/mol. The number of nitrogens with one attached hydrogen (secondary N) is 1. The molecule has 26 nitrogen and oxygen atoms in total. The Bertz CT molecular complexity index is 2750. The molecule has 0 radical (unpaired) electrons. The van der Waals surface area contributed by atoms with E-state index < -0.39 is 107 Å². The van der Waals surface area contributed by atoms with Gasteiger partial charge < -0.3 is 36.4 Å². The summed E-state index contributed by atoms with van der Waals surface area (Å²) in [7, 11) is -18.9. The van der Waals surface area contributed by atoms with Gasteiger partial charge in [0.25, 0.3) is 5.91 Å². The minimum Gasteiger partial charge on any atom is -0.744 e. The Morgan fingerprint density at radius 3 is 1.59 bits per heavy atom. The number of benzene rings is 4. The molecule has 338 valence electrons. The number of rotatable bonds is 22. The molecule has 0 bridgehead atoms. The molecule has 5 N–H and O–H groups in total. The fourth-order valence-corrected chi connectivity index (χ4v) is 8.70. The van der Waals surface area contributed by atoms with E-state index >= 15 is 0 Å². The van der Waals surface area contributed by atoms with Crippen molar-refractivity contribution in [3.05, 3.63) is 78.4 Å². The molecule has 0 aromatic heterocycles. The van der Waals surface area contributed by atoms with E-state index in [0.717, 1.165) is 12.1 Å². The van der Waals surface area contributed by atoms with Crippen molar-refractivity contribution in [1.29, 1.82) is 0 Å². The molecule has 4 aromatic carbocycles. The third-order valence-electron chi connectivity index (χ3n) is 7.36. The molecule has 0 atom stereocenters. The Kier molecular flexibility index (Phi) is 31.5. The van der Waals surface area contributed by atoms with Crippen LogP contribution in [0, 0.1) is 0 Å². The second-order valence-electron chi connectivity index (χ2n) is 11.2. The van der Waals surface area contributed by atoms with Gasteiger partial charge in [-0.2, -0.15) is 5.11 Å². The van der Waals surface area contributed by atoms with Crippen LogP contribution in [-0.4, -0.2) is 73.4 Å². The van der Waals surface area contributed by atoms with Gasteiger partial charge in [0, 0.05) is 11.3 Å². The Hall–Kier alpha value is -0.750. The van der Waals surface area contributed by atoms with Crippen LogP contribution in [0.2, 0.25) is 0 Å². The molecule has 66 heavy (non-hydrogen) atoms. The quantitative estimate of drug-likeness (QED) is 0.00961. The molecule has 0 spiro atoms. The van der Waals surface area contributed by atoms with Gasteiger partial charge in [-0.1, -0.05) is 7.43 Å². The number of hydrogen-bond donors (Lipinski definition) is 3. The second-order valence-corrected chi connectivity index (χ2v) is 19.2. The van der Waals surface area contributed by atoms with Gasteiger partial charge in [-0.15, -0.1) is 24.0 Å². The molecule has 0 unspecified atom stereocenters. The van der Waals surface area contributed by atoms with E-state index in [0.29, 0.717) is 12.1 Å². The molecule has 0 saturated heterocycles. The number of sulfone groups is 2. The second kappa shape index (κ2) is 30.9. The Morgan fingerprint density at radius 2 is 1.09 bits per heavy atom. The van der Waals surface area contributed by atoms with Crippen LogP contribution in [0.15, 0.2) is 113 Å². The summed E-state index contributed by atoms with van der Waals surface area (Å²) < 4.78 is 140. The van der Waals surface area contributed by atoms with Crippen molar-refractivity contribution in [2.45, 2.75) is 27.0 Å². The van der Waals surface area contributed by atoms with Crippen LogP contribution in [0.4, 0.5) is 39.8 Å². The number of carbonyl (C=O) groups is 1. The van der Waals surface area contributed by atoms with E-state index in [2.05, 4.69) is 48.7 Å². The van der Waals surface area contributed by atoms with Crippen LogP contribution < -0.4 is 146 Å². The standard InChI is InChI=1S/C29H29N7O19S6.CH4.4Na/c30-26-23(35-34-22-10-9-21(15-24(22)60(44,45)46)59(42,43)14-12-51-57-55-53-39)16-25(61(47,48)49)27(31)28(26)36-33-19-3-1-17(2-4-19)29(37)32-18-5-7-20(8-6-18)58(40,41)13-11-50-56-54-52-38;;;;;/h1-10,15-16,38-39H,11-14,30-31H2,(H,32,37)(H,44,45,46)(H,47,48,49);1H4;;;;/q;;4*+1/p-4. The van der Waals surface area contributed by atoms with Crippen LogP contribution in [0.5, 0.6) is 0 Å². The van der Waals surface area contributed by atoms with Gasteiger partial charge in [0.2, 0.25) is 0 Å². The van der Waals surface area contributed by atoms with Crippen molar-refractivity contribution < 1.29 is 203 Å². The van der Waals surface area contributed by atoms with E-state index in [1.807, 2.05) is 0 Å². The van der Waals surface area contributed by atoms with Gasteiger partial charge in [-0.3, -0.25) is 23.2 Å². The number of hydrogen-bond acceptors (Lipinski definition) is 27. The minimum absolute atomic E-state index is 0. The molecule has 36 heteroatoms. The predicted octanol–water partition coefficient (Wildman–Crippen LogP) is -9.45. The Labute approximate surface area is 474 Å². The Balaban J connectivity index is 0. The topological polar surface area (TPSA) is 415 Å². The first-order valence-corrected chi connectivity index (χ1v) is 23.2. The van der Waals surface area contributed by atoms with Gasteiger partial charge in [0.05, 0.1) is 61.4 Å². The maximum absolute atomic E-state index is 12.9. The summed E-state index contributed by atoms with van der Waals surface area (Å²) in [5.41, 5.74) is 9.06. The zero-order valence-electron chi connectivity index (χ0n) is 33.9. The molecule has 1 amide bonds. The molecule has 0 fully saturated rings. The molecule has 4 rings (SSSR count). The van der Waals surface area contributed by atoms with Crippen molar-refractivity contribution in [2.24, 2.45) is 20.5 Å². The van der Waals surface area contributed by atoms with Crippen LogP contribution in [0.1, 0.15) is 17.8 Å². The first-order chi connectivity index (χ1) is 28.7. The fourth-order valence-electron chi connectivity index (χ4n) is 4.53. The maximum Gasteiger partial charge on any atom is 1.00 e. The summed E-state index contributed by atoms with van der Waals surface area (Å²) in [5.74, 6) is -1.87. The monoisotopic (exact) mass is 1070 g/mol. The van der Waals surface area contributed by atoms with E-state index in [9.17, 15) is 58.1 Å². The van der Waals surface area contributed by atoms with E-state index in [-0.39, 0.29) is 179 Å². The molecule has 0 aliphatic carbocycles. The van der Waals surface area contributed by atoms with Crippen molar-refractivity contribution in [3.8, 4) is 0 Å². The van der Waals surface area contributed by atoms with Gasteiger partial charge in [-0.05, 0) is 72.8 Å². The van der Waals surface area contributed by atoms with Gasteiger partial charge >= 0.3 is 118 Å². The first kappa shape index (κ1) is 67.3. The maximum atomic E-state index is 12.9. The number of amides is 1. The molecular formula is C30H29N7Na4O19S6. The number of azo groups is 2. The van der Waals surface area contributed by atoms with Crippen molar-refractivity contribution in [1.82, 2.24) is 0 Å². The third-order valence-corrected chi connectivity index (χ3v) is 13.2. The minimum atomic E-state index is -5.45. The van der Waals surface area contributed by atoms with Crippen molar-refractivity contribution in [3.63, 3.8) is 0 Å². The number of carbonyl (C=O) groups excluding carboxylic acids is 1. The van der Waals surface area contributed by atoms with Crippen LogP contribution in [-0.2, 0) is 67.0 Å². The molecule has 0 heterocycles. The van der Waals surface area contributed by atoms with Gasteiger partial charge in [0.1, 0.15) is 37.3 Å². The zero-order valence-corrected chi connectivity index (χ0v) is 46.8. The smallest absolute Gasteiger partial charge is 0.744 e. The average Bonchev–Trinajstić information content (AvgIpc) is 3.19. The normalized spacial score (nSPS) is 11.7. The summed E-state index contributed by atoms with van der Waals surface area (Å²) in [4.78, 5) is 9.83. The molecule has 0 aliphatic rings. The van der Waals surface area contributed by atoms with Crippen molar-refractivity contribution in [2.75, 3.05) is 41.5 Å². The molecule has 0 aliphatic heterocycles. The largest absolute Gasteiger partial charge is 1.00 e. The predicted molar refractivity (Wildman–Crippen MR) is 209 cm³/mol. The number of nitrogens with zero attached hydrogens (tertiary/aromatic N) is 4. The molecule has 4 aromatic rings. The number of nitrogens with two attached hydrogens (primary N) is 2. The third kappa shape index (κ3) is 20.2. The summed E-state index contributed by atoms with van der Waals surface area (Å²) in [6.07, 6.45) is 0. The van der Waals surface area contributed by atoms with Crippen LogP contribution in [0.3, 0.4) is 0 Å². The van der Waals surface area contributed by atoms with Gasteiger partial charge in [0.15, 0.2) is 44.3 Å². The number of nitrogen functional groups attached to an aromatic ring is 2. The van der Waals surface area contributed by atoms with Crippen molar-refractivity contribution >= 4 is 110 Å². The van der Waals surface area contributed by atoms with E-state index in [4.69, 9.17) is 15.7 Å². The first-order valence-electron chi connectivity index (χ1n) is 15.8. The van der Waals surface area contributed by atoms with Crippen LogP contribution in [0.25, 0.3) is 0 Å². The Morgan fingerprint density at radius 1 is 0.606 bits per heavy atom. The molecule has 0 saturated carbocycles. The summed E-state index contributed by atoms with van der Waals surface area (Å²) in [5, 5.41) is 43.2. The summed E-state index contributed by atoms with van der Waals surface area (Å²) in [6, 6.07) is 13.0. The molecular weight excluding hydrogens is 1050 g/mol. The fraction of sp³-hybridized carbons (Fsp3) is 0.167. The zero-order chi connectivity index (χ0) is 45.0. The summed E-state index contributed by atoms with van der Waals surface area (Å²) >= 11 is 0.175. The van der Waals surface area contributed by atoms with Crippen LogP contribution >= 0.6 is 24.6 Å². The van der Waals surface area contributed by atoms with Gasteiger partial charge in [-0.25, -0.2) is 33.7 Å². The summed E-state index contributed by atoms with van der Waals surface area (Å²) in [6.45, 7) is -0.904. The number of anilines is 3. The van der Waals surface area contributed by atoms with E-state index in [1.54, 1.807) is 0 Å².